The molecule has 0 aliphatic heterocycles. The summed E-state index contributed by atoms with van der Waals surface area (Å²) in [6.45, 7) is 3.37. The second kappa shape index (κ2) is 6.21. The van der Waals surface area contributed by atoms with Crippen molar-refractivity contribution in [2.24, 2.45) is 0 Å². The van der Waals surface area contributed by atoms with E-state index in [1.807, 2.05) is 30.3 Å². The van der Waals surface area contributed by atoms with Crippen molar-refractivity contribution in [2.45, 2.75) is 19.9 Å². The summed E-state index contributed by atoms with van der Waals surface area (Å²) in [5.74, 6) is 0.655. The van der Waals surface area contributed by atoms with Crippen LogP contribution >= 0.6 is 0 Å². The van der Waals surface area contributed by atoms with Gasteiger partial charge in [0.1, 0.15) is 5.76 Å². The van der Waals surface area contributed by atoms with Crippen molar-refractivity contribution in [1.29, 1.82) is 0 Å². The summed E-state index contributed by atoms with van der Waals surface area (Å²) < 4.78 is 5.26. The number of benzene rings is 1. The van der Waals surface area contributed by atoms with Crippen LogP contribution in [0.25, 0.3) is 0 Å². The maximum Gasteiger partial charge on any atom is 0.323 e. The Bertz CT molecular complexity index is 561. The molecular formula is C14H17N3O3. The number of aliphatic hydroxyl groups excluding tert-OH is 1. The maximum atomic E-state index is 11.8. The van der Waals surface area contributed by atoms with Crippen LogP contribution in [0.3, 0.4) is 0 Å². The van der Waals surface area contributed by atoms with Crippen molar-refractivity contribution < 1.29 is 14.3 Å². The number of hydrogen-bond donors (Lipinski definition) is 3. The van der Waals surface area contributed by atoms with Gasteiger partial charge in [-0.05, 0) is 19.4 Å². The van der Waals surface area contributed by atoms with Crippen LogP contribution in [0.15, 0.2) is 34.7 Å². The molecule has 1 heterocycles. The molecule has 0 bridgehead atoms. The van der Waals surface area contributed by atoms with Crippen molar-refractivity contribution in [3.63, 3.8) is 0 Å². The minimum absolute atomic E-state index is 0.141. The summed E-state index contributed by atoms with van der Waals surface area (Å²) in [6, 6.07) is 8.42. The largest absolute Gasteiger partial charge is 0.428 e. The van der Waals surface area contributed by atoms with Crippen LogP contribution < -0.4 is 10.6 Å². The highest BCUT2D eigenvalue weighted by molar-refractivity contribution is 5.87. The Hall–Kier alpha value is -2.34. The summed E-state index contributed by atoms with van der Waals surface area (Å²) in [4.78, 5) is 15.9. The summed E-state index contributed by atoms with van der Waals surface area (Å²) in [5, 5.41) is 14.5. The second-order valence-corrected chi connectivity index (χ2v) is 4.40. The van der Waals surface area contributed by atoms with E-state index < -0.39 is 12.1 Å². The van der Waals surface area contributed by atoms with Crippen molar-refractivity contribution in [1.82, 2.24) is 10.3 Å². The first-order valence-corrected chi connectivity index (χ1v) is 6.27. The number of oxazole rings is 1. The predicted octanol–water partition coefficient (Wildman–Crippen LogP) is 2.15. The number of aryl methyl sites for hydroxylation is 2. The predicted molar refractivity (Wildman–Crippen MR) is 74.4 cm³/mol. The minimum Gasteiger partial charge on any atom is -0.428 e. The lowest BCUT2D eigenvalue weighted by Gasteiger charge is -2.16. The minimum atomic E-state index is -0.478. The fourth-order valence-corrected chi connectivity index (χ4v) is 1.74. The highest BCUT2D eigenvalue weighted by Gasteiger charge is 2.15. The lowest BCUT2D eigenvalue weighted by atomic mass is 10.1. The molecule has 2 amide bonds. The van der Waals surface area contributed by atoms with Crippen molar-refractivity contribution in [3.8, 4) is 0 Å². The number of nitrogens with one attached hydrogen (secondary N) is 2. The number of rotatable bonds is 4. The molecule has 0 radical (unpaired) electrons. The number of amides is 2. The van der Waals surface area contributed by atoms with E-state index in [0.29, 0.717) is 5.76 Å². The van der Waals surface area contributed by atoms with Gasteiger partial charge in [0.05, 0.1) is 18.3 Å². The van der Waals surface area contributed by atoms with Crippen molar-refractivity contribution in [3.05, 3.63) is 47.3 Å². The van der Waals surface area contributed by atoms with E-state index in [-0.39, 0.29) is 12.6 Å². The SMILES string of the molecule is Cc1nc(NC(=O)NC(CO)c2ccccc2)oc1C. The van der Waals surface area contributed by atoms with Gasteiger partial charge < -0.3 is 14.8 Å². The number of aromatic nitrogens is 1. The summed E-state index contributed by atoms with van der Waals surface area (Å²) >= 11 is 0. The standard InChI is InChI=1S/C14H17N3O3/c1-9-10(2)20-14(15-9)17-13(19)16-12(8-18)11-6-4-3-5-7-11/h3-7,12,18H,8H2,1-2H3,(H2,15,16,17,19). The molecule has 6 heteroatoms. The van der Waals surface area contributed by atoms with Gasteiger partial charge >= 0.3 is 12.0 Å². The molecule has 0 saturated carbocycles. The van der Waals surface area contributed by atoms with Crippen LogP contribution in [0.2, 0.25) is 0 Å². The highest BCUT2D eigenvalue weighted by atomic mass is 16.4. The molecule has 1 aromatic carbocycles. The lowest BCUT2D eigenvalue weighted by Crippen LogP contribution is -2.34. The molecule has 106 valence electrons. The van der Waals surface area contributed by atoms with Crippen LogP contribution in [-0.2, 0) is 0 Å². The molecule has 20 heavy (non-hydrogen) atoms. The molecule has 0 fully saturated rings. The van der Waals surface area contributed by atoms with E-state index in [4.69, 9.17) is 4.42 Å². The van der Waals surface area contributed by atoms with Gasteiger partial charge in [0.15, 0.2) is 0 Å². The van der Waals surface area contributed by atoms with Gasteiger partial charge in [-0.25, -0.2) is 4.79 Å². The van der Waals surface area contributed by atoms with Gasteiger partial charge in [0.25, 0.3) is 0 Å². The maximum absolute atomic E-state index is 11.8. The van der Waals surface area contributed by atoms with Crippen molar-refractivity contribution in [2.75, 3.05) is 11.9 Å². The Morgan fingerprint density at radius 1 is 1.35 bits per heavy atom. The smallest absolute Gasteiger partial charge is 0.323 e. The molecular weight excluding hydrogens is 258 g/mol. The molecule has 1 unspecified atom stereocenters. The monoisotopic (exact) mass is 275 g/mol. The number of hydrogen-bond acceptors (Lipinski definition) is 4. The molecule has 6 nitrogen and oxygen atoms in total. The van der Waals surface area contributed by atoms with Gasteiger partial charge in [0.2, 0.25) is 0 Å². The average Bonchev–Trinajstić information content (AvgIpc) is 2.75. The zero-order chi connectivity index (χ0) is 14.5. The number of anilines is 1. The quantitative estimate of drug-likeness (QED) is 0.797. The number of nitrogens with zero attached hydrogens (tertiary/aromatic N) is 1. The summed E-state index contributed by atoms with van der Waals surface area (Å²) in [6.07, 6.45) is 0. The highest BCUT2D eigenvalue weighted by Crippen LogP contribution is 2.14. The van der Waals surface area contributed by atoms with Gasteiger partial charge in [-0.2, -0.15) is 4.98 Å². The third-order valence-electron chi connectivity index (χ3n) is 2.94. The van der Waals surface area contributed by atoms with Gasteiger partial charge in [0, 0.05) is 0 Å². The molecule has 3 N–H and O–H groups in total. The molecule has 2 rings (SSSR count). The Kier molecular flexibility index (Phi) is 4.37. The first-order valence-electron chi connectivity index (χ1n) is 6.27. The zero-order valence-corrected chi connectivity index (χ0v) is 11.4. The van der Waals surface area contributed by atoms with E-state index in [1.54, 1.807) is 13.8 Å². The molecule has 1 aromatic heterocycles. The van der Waals surface area contributed by atoms with E-state index >= 15 is 0 Å². The number of carbonyl (C=O) groups is 1. The Balaban J connectivity index is 1.99. The Labute approximate surface area is 116 Å². The first kappa shape index (κ1) is 14.1. The third-order valence-corrected chi connectivity index (χ3v) is 2.94. The first-order chi connectivity index (χ1) is 9.60. The molecule has 0 aliphatic rings. The summed E-state index contributed by atoms with van der Waals surface area (Å²) in [7, 11) is 0. The van der Waals surface area contributed by atoms with E-state index in [9.17, 15) is 9.90 Å². The van der Waals surface area contributed by atoms with Gasteiger partial charge in [-0.15, -0.1) is 0 Å². The Morgan fingerprint density at radius 2 is 2.05 bits per heavy atom. The second-order valence-electron chi connectivity index (χ2n) is 4.40. The molecule has 1 atom stereocenters. The average molecular weight is 275 g/mol. The molecule has 0 saturated heterocycles. The zero-order valence-electron chi connectivity index (χ0n) is 11.4. The van der Waals surface area contributed by atoms with E-state index in [0.717, 1.165) is 11.3 Å². The normalized spacial score (nSPS) is 11.9. The third kappa shape index (κ3) is 3.36. The van der Waals surface area contributed by atoms with Gasteiger partial charge in [-0.3, -0.25) is 5.32 Å². The number of carbonyl (C=O) groups excluding carboxylic acids is 1. The van der Waals surface area contributed by atoms with Crippen LogP contribution in [0.1, 0.15) is 23.1 Å². The van der Waals surface area contributed by atoms with Crippen LogP contribution in [0, 0.1) is 13.8 Å². The Morgan fingerprint density at radius 3 is 2.60 bits per heavy atom. The van der Waals surface area contributed by atoms with Crippen LogP contribution in [-0.4, -0.2) is 22.7 Å². The lowest BCUT2D eigenvalue weighted by molar-refractivity contribution is 0.225. The molecule has 2 aromatic rings. The van der Waals surface area contributed by atoms with E-state index in [1.165, 1.54) is 0 Å². The van der Waals surface area contributed by atoms with Crippen LogP contribution in [0.5, 0.6) is 0 Å². The molecule has 0 spiro atoms. The van der Waals surface area contributed by atoms with E-state index in [2.05, 4.69) is 15.6 Å². The molecule has 0 aliphatic carbocycles. The van der Waals surface area contributed by atoms with Crippen LogP contribution in [0.4, 0.5) is 10.8 Å². The number of urea groups is 1. The number of aliphatic hydroxyl groups is 1. The van der Waals surface area contributed by atoms with Crippen molar-refractivity contribution >= 4 is 12.0 Å². The van der Waals surface area contributed by atoms with Gasteiger partial charge in [-0.1, -0.05) is 30.3 Å². The fourth-order valence-electron chi connectivity index (χ4n) is 1.74. The fraction of sp³-hybridized carbons (Fsp3) is 0.286. The summed E-state index contributed by atoms with van der Waals surface area (Å²) in [5.41, 5.74) is 1.55. The topological polar surface area (TPSA) is 87.4 Å².